The zero-order chi connectivity index (χ0) is 9.52. The molecule has 2 heteroatoms. The summed E-state index contributed by atoms with van der Waals surface area (Å²) in [4.78, 5) is 2.31. The molecule has 0 spiro atoms. The maximum atomic E-state index is 2.31. The lowest BCUT2D eigenvalue weighted by atomic mass is 10.3. The van der Waals surface area contributed by atoms with E-state index in [1.807, 2.05) is 0 Å². The van der Waals surface area contributed by atoms with Gasteiger partial charge in [-0.3, -0.25) is 0 Å². The highest BCUT2D eigenvalue weighted by molar-refractivity contribution is 6.58. The molecule has 0 atom stereocenters. The Bertz CT molecular complexity index is 119. The first-order valence-corrected chi connectivity index (χ1v) is 8.38. The van der Waals surface area contributed by atoms with Gasteiger partial charge in [0.1, 0.15) is 0 Å². The number of nitrogens with zero attached hydrogens (tertiary/aromatic N) is 1. The topological polar surface area (TPSA) is 3.24 Å². The molecule has 1 saturated heterocycles. The second kappa shape index (κ2) is 6.87. The smallest absolute Gasteiger partial charge is 0.261 e. The van der Waals surface area contributed by atoms with Crippen molar-refractivity contribution in [1.29, 1.82) is 0 Å². The predicted molar refractivity (Wildman–Crippen MR) is 61.8 cm³/mol. The van der Waals surface area contributed by atoms with Crippen LogP contribution in [0, 0.1) is 0 Å². The largest absolute Gasteiger partial charge is 0.309 e. The van der Waals surface area contributed by atoms with Gasteiger partial charge in [0, 0.05) is 0 Å². The lowest BCUT2D eigenvalue weighted by Gasteiger charge is -2.17. The molecule has 1 heterocycles. The van der Waals surface area contributed by atoms with Gasteiger partial charge in [-0.2, -0.15) is 0 Å². The highest BCUT2D eigenvalue weighted by Gasteiger charge is 2.18. The third-order valence-corrected chi connectivity index (χ3v) is 6.87. The molecule has 0 radical (unpaired) electrons. The molecule has 0 amide bonds. The summed E-state index contributed by atoms with van der Waals surface area (Å²) in [5.74, 6) is 0. The Hall–Kier alpha value is 0.492. The van der Waals surface area contributed by atoms with Crippen molar-refractivity contribution in [2.75, 3.05) is 20.6 Å². The molecule has 0 aromatic rings. The zero-order valence-corrected chi connectivity index (χ0v) is 10.5. The van der Waals surface area contributed by atoms with Crippen molar-refractivity contribution in [1.82, 2.24) is 4.90 Å². The Labute approximate surface area is 87.9 Å². The summed E-state index contributed by atoms with van der Waals surface area (Å²) in [5, 5.41) is 4.94. The molecule has 76 valence electrons. The fourth-order valence-corrected chi connectivity index (χ4v) is 5.80. The molecule has 1 nitrogen and oxygen atoms in total. The number of rotatable bonds is 5. The average Bonchev–Trinajstić information content (AvgIpc) is 2.14. The second-order valence-electron chi connectivity index (χ2n) is 4.80. The van der Waals surface area contributed by atoms with Crippen molar-refractivity contribution < 1.29 is 0 Å². The van der Waals surface area contributed by atoms with Gasteiger partial charge in [-0.25, -0.2) is 0 Å². The molecular formula is C11H24AlN. The molecule has 13 heavy (non-hydrogen) atoms. The minimum Gasteiger partial charge on any atom is -0.309 e. The van der Waals surface area contributed by atoms with Gasteiger partial charge in [0.2, 0.25) is 0 Å². The molecule has 0 aromatic heterocycles. The average molecular weight is 197 g/mol. The minimum atomic E-state index is -0.208. The van der Waals surface area contributed by atoms with Crippen LogP contribution in [-0.4, -0.2) is 39.7 Å². The summed E-state index contributed by atoms with van der Waals surface area (Å²) >= 11 is -0.208. The van der Waals surface area contributed by atoms with Gasteiger partial charge >= 0.3 is 0 Å². The fourth-order valence-electron chi connectivity index (χ4n) is 2.34. The molecule has 0 unspecified atom stereocenters. The first-order chi connectivity index (χ1) is 6.29. The molecule has 0 bridgehead atoms. The number of hydrogen-bond donors (Lipinski definition) is 0. The van der Waals surface area contributed by atoms with Crippen molar-refractivity contribution in [3.05, 3.63) is 0 Å². The van der Waals surface area contributed by atoms with Gasteiger partial charge in [-0.05, 0) is 27.1 Å². The number of hydrogen-bond acceptors (Lipinski definition) is 1. The van der Waals surface area contributed by atoms with E-state index in [-0.39, 0.29) is 14.1 Å². The van der Waals surface area contributed by atoms with Crippen molar-refractivity contribution >= 4 is 14.1 Å². The maximum absolute atomic E-state index is 2.31. The summed E-state index contributed by atoms with van der Waals surface area (Å²) in [7, 11) is 4.36. The first kappa shape index (κ1) is 11.6. The first-order valence-electron chi connectivity index (χ1n) is 5.94. The van der Waals surface area contributed by atoms with Crippen LogP contribution in [0.2, 0.25) is 15.8 Å². The highest BCUT2D eigenvalue weighted by Crippen LogP contribution is 2.22. The molecule has 1 aliphatic rings. The van der Waals surface area contributed by atoms with Gasteiger partial charge in [0.05, 0.1) is 0 Å². The summed E-state index contributed by atoms with van der Waals surface area (Å²) in [6, 6.07) is 0. The van der Waals surface area contributed by atoms with E-state index < -0.39 is 0 Å². The SMILES string of the molecule is CN(C)CCC[CH2][Al]1[CH2]CCC[CH2]1. The Kier molecular flexibility index (Phi) is 6.12. The van der Waals surface area contributed by atoms with Crippen LogP contribution in [0.15, 0.2) is 0 Å². The van der Waals surface area contributed by atoms with E-state index >= 15 is 0 Å². The van der Waals surface area contributed by atoms with Crippen LogP contribution in [0.1, 0.15) is 32.1 Å². The molecule has 0 saturated carbocycles. The van der Waals surface area contributed by atoms with Crippen molar-refractivity contribution in [2.24, 2.45) is 0 Å². The van der Waals surface area contributed by atoms with Crippen molar-refractivity contribution in [3.63, 3.8) is 0 Å². The van der Waals surface area contributed by atoms with Crippen LogP contribution in [-0.2, 0) is 0 Å². The lowest BCUT2D eigenvalue weighted by molar-refractivity contribution is 0.397. The van der Waals surface area contributed by atoms with Gasteiger partial charge in [-0.15, -0.1) is 0 Å². The maximum Gasteiger partial charge on any atom is 0.261 e. The summed E-state index contributed by atoms with van der Waals surface area (Å²) < 4.78 is 0. The molecule has 0 aromatic carbocycles. The molecular weight excluding hydrogens is 173 g/mol. The molecule has 1 rings (SSSR count). The fraction of sp³-hybridized carbons (Fsp3) is 1.00. The summed E-state index contributed by atoms with van der Waals surface area (Å²) in [5.41, 5.74) is 0. The lowest BCUT2D eigenvalue weighted by Crippen LogP contribution is -2.17. The van der Waals surface area contributed by atoms with E-state index in [9.17, 15) is 0 Å². The van der Waals surface area contributed by atoms with Crippen LogP contribution in [0.4, 0.5) is 0 Å². The van der Waals surface area contributed by atoms with Gasteiger partial charge in [0.25, 0.3) is 14.1 Å². The molecule has 1 aliphatic heterocycles. The normalized spacial score (nSPS) is 18.2. The Morgan fingerprint density at radius 1 is 1.00 bits per heavy atom. The van der Waals surface area contributed by atoms with Crippen LogP contribution < -0.4 is 0 Å². The van der Waals surface area contributed by atoms with Crippen LogP contribution in [0.5, 0.6) is 0 Å². The van der Waals surface area contributed by atoms with Crippen molar-refractivity contribution in [3.8, 4) is 0 Å². The third kappa shape index (κ3) is 5.73. The summed E-state index contributed by atoms with van der Waals surface area (Å²) in [6.45, 7) is 1.29. The second-order valence-corrected chi connectivity index (χ2v) is 8.27. The molecule has 0 aliphatic carbocycles. The summed E-state index contributed by atoms with van der Waals surface area (Å²) in [6.07, 6.45) is 7.59. The van der Waals surface area contributed by atoms with E-state index in [0.717, 1.165) is 0 Å². The van der Waals surface area contributed by atoms with Crippen molar-refractivity contribution in [2.45, 2.75) is 48.0 Å². The molecule has 1 fully saturated rings. The van der Waals surface area contributed by atoms with Gasteiger partial charge in [0.15, 0.2) is 0 Å². The zero-order valence-electron chi connectivity index (χ0n) is 9.39. The van der Waals surface area contributed by atoms with E-state index in [1.165, 1.54) is 25.8 Å². The Balaban J connectivity index is 1.92. The number of unbranched alkanes of at least 4 members (excludes halogenated alkanes) is 1. The Morgan fingerprint density at radius 2 is 1.69 bits per heavy atom. The van der Waals surface area contributed by atoms with Crippen LogP contribution in [0.25, 0.3) is 0 Å². The highest BCUT2D eigenvalue weighted by atomic mass is 27.2. The Morgan fingerprint density at radius 3 is 2.31 bits per heavy atom. The quantitative estimate of drug-likeness (QED) is 0.484. The predicted octanol–water partition coefficient (Wildman–Crippen LogP) is 3.01. The molecule has 0 N–H and O–H groups in total. The standard InChI is InChI=1S/C6H14N.C5H10.Al/c1-4-5-6-7(2)3;1-3-5-4-2;/h1,4-6H2,2-3H3;1-5H2;. The van der Waals surface area contributed by atoms with E-state index in [0.29, 0.717) is 0 Å². The van der Waals surface area contributed by atoms with Crippen LogP contribution >= 0.6 is 0 Å². The van der Waals surface area contributed by atoms with Gasteiger partial charge in [-0.1, -0.05) is 41.5 Å². The van der Waals surface area contributed by atoms with E-state index in [4.69, 9.17) is 0 Å². The van der Waals surface area contributed by atoms with Crippen LogP contribution in [0.3, 0.4) is 0 Å². The monoisotopic (exact) mass is 197 g/mol. The minimum absolute atomic E-state index is 0.208. The van der Waals surface area contributed by atoms with Gasteiger partial charge < -0.3 is 4.90 Å². The van der Waals surface area contributed by atoms with E-state index in [1.54, 1.807) is 28.7 Å². The third-order valence-electron chi connectivity index (χ3n) is 3.19. The van der Waals surface area contributed by atoms with E-state index in [2.05, 4.69) is 19.0 Å².